The first-order valence-corrected chi connectivity index (χ1v) is 10.7. The van der Waals surface area contributed by atoms with Crippen LogP contribution in [0.25, 0.3) is 5.76 Å². The minimum atomic E-state index is -0.977. The third-order valence-electron chi connectivity index (χ3n) is 4.85. The Balaban J connectivity index is 1.85. The summed E-state index contributed by atoms with van der Waals surface area (Å²) in [4.78, 5) is 27.2. The van der Waals surface area contributed by atoms with Crippen LogP contribution in [-0.2, 0) is 9.59 Å². The van der Waals surface area contributed by atoms with E-state index in [1.165, 1.54) is 29.2 Å². The molecule has 1 N–H and O–H groups in total. The number of anilines is 1. The number of ether oxygens (including phenoxy) is 1. The first-order valence-electron chi connectivity index (χ1n) is 9.90. The van der Waals surface area contributed by atoms with Crippen molar-refractivity contribution in [2.45, 2.75) is 32.9 Å². The highest BCUT2D eigenvalue weighted by Gasteiger charge is 2.48. The highest BCUT2D eigenvalue weighted by Crippen LogP contribution is 2.43. The Hall–Kier alpha value is -3.59. The molecule has 0 saturated carbocycles. The van der Waals surface area contributed by atoms with E-state index in [1.807, 2.05) is 13.8 Å². The van der Waals surface area contributed by atoms with Crippen molar-refractivity contribution < 1.29 is 23.8 Å². The monoisotopic (exact) mass is 453 g/mol. The van der Waals surface area contributed by atoms with Gasteiger partial charge in [-0.25, -0.2) is 4.39 Å². The number of carbonyl (C=O) groups is 2. The normalized spacial score (nSPS) is 17.9. The molecule has 0 unspecified atom stereocenters. The largest absolute Gasteiger partial charge is 0.507 e. The molecule has 1 aromatic heterocycles. The van der Waals surface area contributed by atoms with Crippen LogP contribution in [0.4, 0.5) is 9.52 Å². The Labute approximate surface area is 187 Å². The van der Waals surface area contributed by atoms with Gasteiger partial charge in [0, 0.05) is 5.56 Å². The maximum Gasteiger partial charge on any atom is 0.301 e. The van der Waals surface area contributed by atoms with Crippen molar-refractivity contribution in [2.75, 3.05) is 4.90 Å². The molecule has 1 fully saturated rings. The molecule has 1 atom stereocenters. The van der Waals surface area contributed by atoms with Crippen LogP contribution in [-0.4, -0.2) is 33.1 Å². The van der Waals surface area contributed by atoms with Gasteiger partial charge in [0.1, 0.15) is 22.3 Å². The summed E-state index contributed by atoms with van der Waals surface area (Å²) in [6, 6.07) is 11.0. The molecule has 2 heterocycles. The quantitative estimate of drug-likeness (QED) is 0.350. The van der Waals surface area contributed by atoms with Gasteiger partial charge < -0.3 is 9.84 Å². The fourth-order valence-electron chi connectivity index (χ4n) is 3.49. The molecule has 4 rings (SSSR count). The molecule has 0 radical (unpaired) electrons. The molecular formula is C23H20FN3O4S. The number of ketones is 1. The van der Waals surface area contributed by atoms with Crippen LogP contribution in [0, 0.1) is 12.7 Å². The molecule has 7 nitrogen and oxygen atoms in total. The topological polar surface area (TPSA) is 92.6 Å². The van der Waals surface area contributed by atoms with Crippen LogP contribution in [0.3, 0.4) is 0 Å². The van der Waals surface area contributed by atoms with Crippen molar-refractivity contribution >= 4 is 33.9 Å². The van der Waals surface area contributed by atoms with E-state index in [2.05, 4.69) is 10.2 Å². The Morgan fingerprint density at radius 1 is 1.09 bits per heavy atom. The van der Waals surface area contributed by atoms with Crippen molar-refractivity contribution in [3.8, 4) is 5.75 Å². The first-order chi connectivity index (χ1) is 15.3. The summed E-state index contributed by atoms with van der Waals surface area (Å²) in [7, 11) is 0. The van der Waals surface area contributed by atoms with Crippen LogP contribution in [0.2, 0.25) is 0 Å². The van der Waals surface area contributed by atoms with Crippen molar-refractivity contribution in [3.05, 3.63) is 76.1 Å². The third-order valence-corrected chi connectivity index (χ3v) is 5.69. The number of benzene rings is 2. The molecule has 1 amide bonds. The molecule has 0 spiro atoms. The minimum absolute atomic E-state index is 0.0198. The van der Waals surface area contributed by atoms with Gasteiger partial charge in [-0.15, -0.1) is 10.2 Å². The summed E-state index contributed by atoms with van der Waals surface area (Å²) >= 11 is 1.15. The van der Waals surface area contributed by atoms with E-state index in [-0.39, 0.29) is 22.6 Å². The van der Waals surface area contributed by atoms with Gasteiger partial charge in [-0.2, -0.15) is 0 Å². The van der Waals surface area contributed by atoms with Crippen molar-refractivity contribution in [2.24, 2.45) is 0 Å². The number of aliphatic hydroxyl groups is 1. The highest BCUT2D eigenvalue weighted by atomic mass is 32.1. The van der Waals surface area contributed by atoms with E-state index in [0.717, 1.165) is 11.3 Å². The van der Waals surface area contributed by atoms with E-state index >= 15 is 0 Å². The number of aromatic nitrogens is 2. The van der Waals surface area contributed by atoms with Crippen molar-refractivity contribution in [1.29, 1.82) is 0 Å². The van der Waals surface area contributed by atoms with Crippen molar-refractivity contribution in [3.63, 3.8) is 0 Å². The summed E-state index contributed by atoms with van der Waals surface area (Å²) in [5.41, 5.74) is 0.700. The number of Topliss-reactive ketones (excluding diaryl/α,β-unsaturated/α-hetero) is 1. The Morgan fingerprint density at radius 3 is 2.31 bits per heavy atom. The first kappa shape index (κ1) is 21.6. The number of hydrogen-bond donors (Lipinski definition) is 1. The number of rotatable bonds is 5. The van der Waals surface area contributed by atoms with E-state index < -0.39 is 23.5 Å². The average Bonchev–Trinajstić information content (AvgIpc) is 3.29. The lowest BCUT2D eigenvalue weighted by Crippen LogP contribution is -2.29. The second-order valence-corrected chi connectivity index (χ2v) is 8.68. The van der Waals surface area contributed by atoms with Gasteiger partial charge in [0.2, 0.25) is 5.13 Å². The van der Waals surface area contributed by atoms with E-state index in [9.17, 15) is 19.1 Å². The molecule has 1 aliphatic heterocycles. The van der Waals surface area contributed by atoms with Gasteiger partial charge in [-0.1, -0.05) is 23.5 Å². The number of hydrogen-bond acceptors (Lipinski definition) is 7. The van der Waals surface area contributed by atoms with Crippen molar-refractivity contribution in [1.82, 2.24) is 10.2 Å². The van der Waals surface area contributed by atoms with Gasteiger partial charge in [-0.3, -0.25) is 14.5 Å². The average molecular weight is 453 g/mol. The Morgan fingerprint density at radius 2 is 1.75 bits per heavy atom. The Bertz CT molecular complexity index is 1200. The Kier molecular flexibility index (Phi) is 5.75. The second kappa shape index (κ2) is 8.51. The number of carbonyl (C=O) groups excluding carboxylic acids is 2. The van der Waals surface area contributed by atoms with Crippen LogP contribution < -0.4 is 9.64 Å². The summed E-state index contributed by atoms with van der Waals surface area (Å²) in [5, 5.41) is 19.8. The maximum atomic E-state index is 13.6. The predicted molar refractivity (Wildman–Crippen MR) is 118 cm³/mol. The number of nitrogens with zero attached hydrogens (tertiary/aromatic N) is 3. The lowest BCUT2D eigenvalue weighted by Gasteiger charge is -2.22. The van der Waals surface area contributed by atoms with Gasteiger partial charge >= 0.3 is 5.91 Å². The number of aliphatic hydroxyl groups excluding tert-OH is 1. The van der Waals surface area contributed by atoms with Gasteiger partial charge in [0.25, 0.3) is 5.78 Å². The smallest absolute Gasteiger partial charge is 0.301 e. The lowest BCUT2D eigenvalue weighted by atomic mass is 9.95. The summed E-state index contributed by atoms with van der Waals surface area (Å²) in [6.45, 7) is 5.52. The fourth-order valence-corrected chi connectivity index (χ4v) is 4.21. The van der Waals surface area contributed by atoms with Crippen LogP contribution >= 0.6 is 11.3 Å². The SMILES string of the molecule is Cc1nnc(N2C(=O)C(=O)/C(=C(/O)c3ccc(OC(C)C)cc3)[C@@H]2c2ccc(F)cc2)s1. The lowest BCUT2D eigenvalue weighted by molar-refractivity contribution is -0.132. The summed E-state index contributed by atoms with van der Waals surface area (Å²) in [6.07, 6.45) is -0.0198. The number of halogens is 1. The zero-order chi connectivity index (χ0) is 23.0. The predicted octanol–water partition coefficient (Wildman–Crippen LogP) is 4.40. The molecule has 1 aliphatic rings. The number of amides is 1. The molecular weight excluding hydrogens is 433 g/mol. The molecule has 0 bridgehead atoms. The summed E-state index contributed by atoms with van der Waals surface area (Å²) in [5.74, 6) is -1.88. The maximum absolute atomic E-state index is 13.6. The standard InChI is InChI=1S/C23H20FN3O4S/c1-12(2)31-17-10-6-15(7-11-17)20(28)18-19(14-4-8-16(24)9-5-14)27(22(30)21(18)29)23-26-25-13(3)32-23/h4-12,19,28H,1-3H3/b20-18+/t19-/m0/s1. The van der Waals surface area contributed by atoms with E-state index in [0.29, 0.717) is 21.9 Å². The summed E-state index contributed by atoms with van der Waals surface area (Å²) < 4.78 is 19.2. The second-order valence-electron chi connectivity index (χ2n) is 7.52. The van der Waals surface area contributed by atoms with E-state index in [1.54, 1.807) is 31.2 Å². The van der Waals surface area contributed by atoms with E-state index in [4.69, 9.17) is 4.74 Å². The molecule has 9 heteroatoms. The minimum Gasteiger partial charge on any atom is -0.507 e. The zero-order valence-electron chi connectivity index (χ0n) is 17.6. The molecule has 2 aromatic carbocycles. The van der Waals surface area contributed by atoms with Crippen LogP contribution in [0.5, 0.6) is 5.75 Å². The number of aryl methyl sites for hydroxylation is 1. The highest BCUT2D eigenvalue weighted by molar-refractivity contribution is 7.15. The fraction of sp³-hybridized carbons (Fsp3) is 0.217. The van der Waals surface area contributed by atoms with Gasteiger partial charge in [-0.05, 0) is 62.7 Å². The van der Waals surface area contributed by atoms with Gasteiger partial charge in [0.05, 0.1) is 17.7 Å². The molecule has 0 aliphatic carbocycles. The zero-order valence-corrected chi connectivity index (χ0v) is 18.4. The van der Waals surface area contributed by atoms with Crippen LogP contribution in [0.1, 0.15) is 36.0 Å². The molecule has 164 valence electrons. The molecule has 32 heavy (non-hydrogen) atoms. The third kappa shape index (κ3) is 3.99. The van der Waals surface area contributed by atoms with Gasteiger partial charge in [0.15, 0.2) is 0 Å². The molecule has 1 saturated heterocycles. The molecule has 3 aromatic rings. The van der Waals surface area contributed by atoms with Crippen LogP contribution in [0.15, 0.2) is 54.1 Å².